The first kappa shape index (κ1) is 21.2. The van der Waals surface area contributed by atoms with E-state index in [-0.39, 0.29) is 17.5 Å². The highest BCUT2D eigenvalue weighted by atomic mass is 35.5. The number of amides is 1. The van der Waals surface area contributed by atoms with E-state index < -0.39 is 15.9 Å². The second-order valence-corrected chi connectivity index (χ2v) is 8.71. The van der Waals surface area contributed by atoms with Crippen molar-refractivity contribution < 1.29 is 17.9 Å². The molecule has 0 aliphatic heterocycles. The van der Waals surface area contributed by atoms with Crippen LogP contribution in [0.2, 0.25) is 5.02 Å². The van der Waals surface area contributed by atoms with Gasteiger partial charge in [-0.25, -0.2) is 8.42 Å². The van der Waals surface area contributed by atoms with Crippen LogP contribution in [-0.4, -0.2) is 39.3 Å². The van der Waals surface area contributed by atoms with E-state index in [1.54, 1.807) is 25.1 Å². The van der Waals surface area contributed by atoms with Crippen LogP contribution >= 0.6 is 11.6 Å². The maximum absolute atomic E-state index is 12.7. The summed E-state index contributed by atoms with van der Waals surface area (Å²) in [4.78, 5) is 12.4. The van der Waals surface area contributed by atoms with Gasteiger partial charge in [-0.2, -0.15) is 4.31 Å². The molecule has 1 N–H and O–H groups in total. The molecule has 0 saturated heterocycles. The summed E-state index contributed by atoms with van der Waals surface area (Å²) in [5, 5.41) is 3.40. The van der Waals surface area contributed by atoms with Crippen molar-refractivity contribution in [1.82, 2.24) is 9.62 Å². The molecule has 0 unspecified atom stereocenters. The van der Waals surface area contributed by atoms with Gasteiger partial charge in [-0.05, 0) is 55.3 Å². The zero-order valence-electron chi connectivity index (χ0n) is 15.7. The molecule has 0 saturated carbocycles. The first-order valence-corrected chi connectivity index (χ1v) is 10.1. The predicted molar refractivity (Wildman–Crippen MR) is 106 cm³/mol. The van der Waals surface area contributed by atoms with Crippen LogP contribution < -0.4 is 10.1 Å². The first-order valence-electron chi connectivity index (χ1n) is 8.31. The highest BCUT2D eigenvalue weighted by molar-refractivity contribution is 7.89. The Morgan fingerprint density at radius 2 is 1.85 bits per heavy atom. The Bertz CT molecular complexity index is 914. The third-order valence-electron chi connectivity index (χ3n) is 4.19. The molecular formula is C19H23ClN2O4S. The van der Waals surface area contributed by atoms with Crippen LogP contribution in [0.1, 0.15) is 24.1 Å². The highest BCUT2D eigenvalue weighted by Gasteiger charge is 2.24. The molecule has 6 nitrogen and oxygen atoms in total. The quantitative estimate of drug-likeness (QED) is 0.760. The number of carbonyl (C=O) groups is 1. The van der Waals surface area contributed by atoms with E-state index in [0.29, 0.717) is 16.3 Å². The van der Waals surface area contributed by atoms with E-state index in [1.807, 2.05) is 19.1 Å². The normalized spacial score (nSPS) is 12.7. The van der Waals surface area contributed by atoms with Crippen molar-refractivity contribution >= 4 is 27.5 Å². The average Bonchev–Trinajstić information content (AvgIpc) is 2.61. The lowest BCUT2D eigenvalue weighted by atomic mass is 10.1. The minimum absolute atomic E-state index is 0.113. The van der Waals surface area contributed by atoms with Gasteiger partial charge in [0.25, 0.3) is 0 Å². The summed E-state index contributed by atoms with van der Waals surface area (Å²) in [5.41, 5.74) is 1.58. The summed E-state index contributed by atoms with van der Waals surface area (Å²) in [6.45, 7) is 3.30. The van der Waals surface area contributed by atoms with Crippen LogP contribution in [0.25, 0.3) is 0 Å². The van der Waals surface area contributed by atoms with Crippen molar-refractivity contribution in [2.45, 2.75) is 24.8 Å². The zero-order valence-corrected chi connectivity index (χ0v) is 17.3. The van der Waals surface area contributed by atoms with Crippen LogP contribution in [0.3, 0.4) is 0 Å². The molecule has 1 atom stereocenters. The van der Waals surface area contributed by atoms with Crippen molar-refractivity contribution in [3.63, 3.8) is 0 Å². The number of carbonyl (C=O) groups excluding carboxylic acids is 1. The maximum atomic E-state index is 12.7. The lowest BCUT2D eigenvalue weighted by molar-refractivity contribution is -0.121. The minimum atomic E-state index is -3.79. The van der Waals surface area contributed by atoms with Gasteiger partial charge in [-0.3, -0.25) is 4.79 Å². The molecule has 0 aromatic heterocycles. The number of halogens is 1. The van der Waals surface area contributed by atoms with Crippen molar-refractivity contribution in [3.8, 4) is 5.75 Å². The Hall–Kier alpha value is -2.09. The number of ether oxygens (including phenoxy) is 1. The molecule has 1 amide bonds. The SMILES string of the molecule is COc1ccc(S(=O)(=O)N(C)CC(=O)N[C@H](C)c2ccc(Cl)cc2)cc1C. The number of sulfonamides is 1. The van der Waals surface area contributed by atoms with Gasteiger partial charge < -0.3 is 10.1 Å². The molecule has 0 spiro atoms. The standard InChI is InChI=1S/C19H23ClN2O4S/c1-13-11-17(9-10-18(13)26-4)27(24,25)22(3)12-19(23)21-14(2)15-5-7-16(20)8-6-15/h5-11,14H,12H2,1-4H3,(H,21,23)/t14-/m1/s1. The van der Waals surface area contributed by atoms with Gasteiger partial charge in [0.2, 0.25) is 15.9 Å². The Labute approximate surface area is 165 Å². The van der Waals surface area contributed by atoms with Gasteiger partial charge >= 0.3 is 0 Å². The lowest BCUT2D eigenvalue weighted by Gasteiger charge is -2.20. The number of benzene rings is 2. The van der Waals surface area contributed by atoms with Crippen LogP contribution in [-0.2, 0) is 14.8 Å². The molecule has 0 bridgehead atoms. The van der Waals surface area contributed by atoms with Crippen molar-refractivity contribution in [2.75, 3.05) is 20.7 Å². The number of likely N-dealkylation sites (N-methyl/N-ethyl adjacent to an activating group) is 1. The molecule has 2 rings (SSSR count). The van der Waals surface area contributed by atoms with Crippen LogP contribution in [0, 0.1) is 6.92 Å². The van der Waals surface area contributed by atoms with Gasteiger partial charge in [0.1, 0.15) is 5.75 Å². The molecule has 146 valence electrons. The number of aryl methyl sites for hydroxylation is 1. The topological polar surface area (TPSA) is 75.7 Å². The van der Waals surface area contributed by atoms with E-state index in [1.165, 1.54) is 26.3 Å². The molecule has 2 aromatic rings. The third kappa shape index (κ3) is 5.22. The lowest BCUT2D eigenvalue weighted by Crippen LogP contribution is -2.39. The third-order valence-corrected chi connectivity index (χ3v) is 6.24. The average molecular weight is 411 g/mol. The maximum Gasteiger partial charge on any atom is 0.243 e. The molecule has 0 heterocycles. The zero-order chi connectivity index (χ0) is 20.2. The Morgan fingerprint density at radius 3 is 2.41 bits per heavy atom. The Kier molecular flexibility index (Phi) is 6.86. The summed E-state index contributed by atoms with van der Waals surface area (Å²) in [6.07, 6.45) is 0. The smallest absolute Gasteiger partial charge is 0.243 e. The number of nitrogens with zero attached hydrogens (tertiary/aromatic N) is 1. The summed E-state index contributed by atoms with van der Waals surface area (Å²) < 4.78 is 31.6. The van der Waals surface area contributed by atoms with Crippen LogP contribution in [0.15, 0.2) is 47.4 Å². The largest absolute Gasteiger partial charge is 0.496 e. The van der Waals surface area contributed by atoms with E-state index in [4.69, 9.17) is 16.3 Å². The fraction of sp³-hybridized carbons (Fsp3) is 0.316. The van der Waals surface area contributed by atoms with Crippen molar-refractivity contribution in [3.05, 3.63) is 58.6 Å². The Morgan fingerprint density at radius 1 is 1.22 bits per heavy atom. The van der Waals surface area contributed by atoms with Gasteiger partial charge in [0.05, 0.1) is 24.6 Å². The molecular weight excluding hydrogens is 388 g/mol. The molecule has 27 heavy (non-hydrogen) atoms. The number of hydrogen-bond donors (Lipinski definition) is 1. The molecule has 0 aliphatic rings. The van der Waals surface area contributed by atoms with Crippen LogP contribution in [0.4, 0.5) is 0 Å². The van der Waals surface area contributed by atoms with E-state index >= 15 is 0 Å². The van der Waals surface area contributed by atoms with Crippen LogP contribution in [0.5, 0.6) is 5.75 Å². The minimum Gasteiger partial charge on any atom is -0.496 e. The van der Waals surface area contributed by atoms with Gasteiger partial charge in [0.15, 0.2) is 0 Å². The van der Waals surface area contributed by atoms with Crippen molar-refractivity contribution in [2.24, 2.45) is 0 Å². The predicted octanol–water partition coefficient (Wildman–Crippen LogP) is 3.15. The summed E-state index contributed by atoms with van der Waals surface area (Å²) in [5.74, 6) is 0.208. The van der Waals surface area contributed by atoms with Gasteiger partial charge in [0, 0.05) is 12.1 Å². The summed E-state index contributed by atoms with van der Waals surface area (Å²) in [7, 11) is -0.889. The van der Waals surface area contributed by atoms with E-state index in [9.17, 15) is 13.2 Å². The van der Waals surface area contributed by atoms with Gasteiger partial charge in [-0.15, -0.1) is 0 Å². The number of nitrogens with one attached hydrogen (secondary N) is 1. The first-order chi connectivity index (χ1) is 12.6. The molecule has 0 fully saturated rings. The Balaban J connectivity index is 2.06. The van der Waals surface area contributed by atoms with Gasteiger partial charge in [-0.1, -0.05) is 23.7 Å². The van der Waals surface area contributed by atoms with E-state index in [2.05, 4.69) is 5.32 Å². The number of hydrogen-bond acceptors (Lipinski definition) is 4. The molecule has 8 heteroatoms. The highest BCUT2D eigenvalue weighted by Crippen LogP contribution is 2.23. The number of methoxy groups -OCH3 is 1. The summed E-state index contributed by atoms with van der Waals surface area (Å²) in [6, 6.07) is 11.4. The fourth-order valence-electron chi connectivity index (χ4n) is 2.60. The fourth-order valence-corrected chi connectivity index (χ4v) is 3.94. The van der Waals surface area contributed by atoms with Crippen molar-refractivity contribution in [1.29, 1.82) is 0 Å². The number of rotatable bonds is 7. The molecule has 2 aromatic carbocycles. The summed E-state index contributed by atoms with van der Waals surface area (Å²) >= 11 is 5.86. The monoisotopic (exact) mass is 410 g/mol. The second kappa shape index (κ2) is 8.73. The van der Waals surface area contributed by atoms with E-state index in [0.717, 1.165) is 9.87 Å². The second-order valence-electron chi connectivity index (χ2n) is 6.23. The molecule has 0 aliphatic carbocycles. The molecule has 0 radical (unpaired) electrons.